The lowest BCUT2D eigenvalue weighted by molar-refractivity contribution is -0.149. The number of aliphatic imine (C=N–C) groups is 1. The van der Waals surface area contributed by atoms with Crippen LogP contribution in [0.3, 0.4) is 0 Å². The quantitative estimate of drug-likeness (QED) is 0.312. The lowest BCUT2D eigenvalue weighted by atomic mass is 9.97. The van der Waals surface area contributed by atoms with Crippen molar-refractivity contribution in [3.63, 3.8) is 0 Å². The molecule has 27 heavy (non-hydrogen) atoms. The molecule has 0 amide bonds. The van der Waals surface area contributed by atoms with E-state index in [1.807, 2.05) is 32.2 Å². The van der Waals surface area contributed by atoms with E-state index in [0.717, 1.165) is 48.7 Å². The van der Waals surface area contributed by atoms with Crippen LogP contribution in [0.4, 0.5) is 0 Å². The van der Waals surface area contributed by atoms with Gasteiger partial charge in [0.1, 0.15) is 5.82 Å². The van der Waals surface area contributed by atoms with Gasteiger partial charge in [-0.2, -0.15) is 0 Å². The summed E-state index contributed by atoms with van der Waals surface area (Å²) in [6.07, 6.45) is 1.59. The first-order chi connectivity index (χ1) is 12.6. The zero-order valence-corrected chi connectivity index (χ0v) is 18.5. The lowest BCUT2D eigenvalue weighted by Crippen LogP contribution is -2.46. The number of carbonyl (C=O) groups excluding carboxylic acids is 1. The molecule has 1 fully saturated rings. The molecule has 3 rings (SSSR count). The molecule has 0 spiro atoms. The van der Waals surface area contributed by atoms with Gasteiger partial charge in [0, 0.05) is 27.2 Å². The first-order valence-electron chi connectivity index (χ1n) is 9.16. The number of halogens is 1. The van der Waals surface area contributed by atoms with Gasteiger partial charge in [0.2, 0.25) is 0 Å². The number of likely N-dealkylation sites (tertiary alicyclic amines) is 1. The van der Waals surface area contributed by atoms with Gasteiger partial charge in [0.25, 0.3) is 0 Å². The van der Waals surface area contributed by atoms with Crippen molar-refractivity contribution in [2.24, 2.45) is 18.0 Å². The van der Waals surface area contributed by atoms with Crippen molar-refractivity contribution in [1.29, 1.82) is 0 Å². The average Bonchev–Trinajstić information content (AvgIpc) is 2.99. The molecule has 1 saturated heterocycles. The fourth-order valence-corrected chi connectivity index (χ4v) is 3.43. The van der Waals surface area contributed by atoms with E-state index in [-0.39, 0.29) is 35.9 Å². The number of carbonyl (C=O) groups is 1. The van der Waals surface area contributed by atoms with Crippen LogP contribution in [0.1, 0.15) is 25.6 Å². The molecule has 8 heteroatoms. The van der Waals surface area contributed by atoms with E-state index < -0.39 is 0 Å². The SMILES string of the molecule is CCOC(=O)C1CCN(C(=NC)NCc2nc3ccccc3n2C)CC1.I. The van der Waals surface area contributed by atoms with Crippen LogP contribution < -0.4 is 5.32 Å². The second-order valence-corrected chi connectivity index (χ2v) is 6.49. The standard InChI is InChI=1S/C19H27N5O2.HI/c1-4-26-18(25)14-9-11-24(12-10-14)19(20-2)21-13-17-22-15-7-5-6-8-16(15)23(17)3;/h5-8,14H,4,9-13H2,1-3H3,(H,20,21);1H. The number of rotatable bonds is 4. The van der Waals surface area contributed by atoms with Crippen molar-refractivity contribution in [2.75, 3.05) is 26.7 Å². The number of imidazole rings is 1. The summed E-state index contributed by atoms with van der Waals surface area (Å²) in [5, 5.41) is 3.40. The summed E-state index contributed by atoms with van der Waals surface area (Å²) in [7, 11) is 3.81. The fourth-order valence-electron chi connectivity index (χ4n) is 3.43. The second-order valence-electron chi connectivity index (χ2n) is 6.49. The summed E-state index contributed by atoms with van der Waals surface area (Å²) in [6.45, 7) is 4.49. The van der Waals surface area contributed by atoms with E-state index in [1.54, 1.807) is 7.05 Å². The number of ether oxygens (including phenoxy) is 1. The van der Waals surface area contributed by atoms with Crippen LogP contribution in [-0.2, 0) is 23.1 Å². The molecule has 1 aromatic carbocycles. The number of nitrogens with zero attached hydrogens (tertiary/aromatic N) is 4. The highest BCUT2D eigenvalue weighted by atomic mass is 127. The number of fused-ring (bicyclic) bond motifs is 1. The van der Waals surface area contributed by atoms with Crippen molar-refractivity contribution in [1.82, 2.24) is 19.8 Å². The van der Waals surface area contributed by atoms with Crippen LogP contribution in [0.25, 0.3) is 11.0 Å². The summed E-state index contributed by atoms with van der Waals surface area (Å²) in [5.74, 6) is 1.74. The number of aromatic nitrogens is 2. The molecular formula is C19H28IN5O2. The lowest BCUT2D eigenvalue weighted by Gasteiger charge is -2.33. The molecule has 0 aliphatic carbocycles. The van der Waals surface area contributed by atoms with Gasteiger partial charge in [0.05, 0.1) is 30.1 Å². The Balaban J connectivity index is 0.00000261. The largest absolute Gasteiger partial charge is 0.466 e. The third-order valence-corrected chi connectivity index (χ3v) is 4.91. The van der Waals surface area contributed by atoms with Crippen LogP contribution in [0.15, 0.2) is 29.3 Å². The predicted molar refractivity (Wildman–Crippen MR) is 117 cm³/mol. The number of benzene rings is 1. The van der Waals surface area contributed by atoms with Crippen molar-refractivity contribution < 1.29 is 9.53 Å². The van der Waals surface area contributed by atoms with Crippen LogP contribution >= 0.6 is 24.0 Å². The molecule has 0 radical (unpaired) electrons. The molecule has 1 N–H and O–H groups in total. The fraction of sp³-hybridized carbons (Fsp3) is 0.526. The van der Waals surface area contributed by atoms with E-state index in [2.05, 4.69) is 30.8 Å². The highest BCUT2D eigenvalue weighted by molar-refractivity contribution is 14.0. The van der Waals surface area contributed by atoms with Gasteiger partial charge in [-0.05, 0) is 31.9 Å². The van der Waals surface area contributed by atoms with Crippen LogP contribution in [0.5, 0.6) is 0 Å². The zero-order chi connectivity index (χ0) is 18.5. The van der Waals surface area contributed by atoms with Gasteiger partial charge in [-0.25, -0.2) is 4.98 Å². The van der Waals surface area contributed by atoms with Crippen molar-refractivity contribution >= 4 is 46.9 Å². The number of hydrogen-bond acceptors (Lipinski definition) is 4. The Morgan fingerprint density at radius 2 is 2.04 bits per heavy atom. The summed E-state index contributed by atoms with van der Waals surface area (Å²) >= 11 is 0. The molecule has 2 heterocycles. The molecular weight excluding hydrogens is 457 g/mol. The number of guanidine groups is 1. The van der Waals surface area contributed by atoms with E-state index in [1.165, 1.54) is 0 Å². The topological polar surface area (TPSA) is 71.8 Å². The Morgan fingerprint density at radius 3 is 2.67 bits per heavy atom. The maximum Gasteiger partial charge on any atom is 0.309 e. The van der Waals surface area contributed by atoms with Crippen LogP contribution in [0.2, 0.25) is 0 Å². The first-order valence-corrected chi connectivity index (χ1v) is 9.16. The van der Waals surface area contributed by atoms with E-state index >= 15 is 0 Å². The van der Waals surface area contributed by atoms with Gasteiger partial charge in [-0.15, -0.1) is 24.0 Å². The Bertz CT molecular complexity index is 796. The Morgan fingerprint density at radius 1 is 1.33 bits per heavy atom. The van der Waals surface area contributed by atoms with Crippen molar-refractivity contribution in [2.45, 2.75) is 26.3 Å². The first kappa shape index (κ1) is 21.5. The molecule has 0 bridgehead atoms. The highest BCUT2D eigenvalue weighted by Crippen LogP contribution is 2.19. The van der Waals surface area contributed by atoms with E-state index in [4.69, 9.17) is 4.74 Å². The third kappa shape index (κ3) is 4.91. The van der Waals surface area contributed by atoms with Gasteiger partial charge < -0.3 is 19.5 Å². The number of nitrogens with one attached hydrogen (secondary N) is 1. The predicted octanol–water partition coefficient (Wildman–Crippen LogP) is 2.54. The molecule has 2 aromatic rings. The monoisotopic (exact) mass is 485 g/mol. The Hall–Kier alpha value is -1.84. The molecule has 1 aliphatic heterocycles. The minimum absolute atomic E-state index is 0. The smallest absolute Gasteiger partial charge is 0.309 e. The van der Waals surface area contributed by atoms with Crippen molar-refractivity contribution in [3.8, 4) is 0 Å². The molecule has 148 valence electrons. The number of hydrogen-bond donors (Lipinski definition) is 1. The normalized spacial score (nSPS) is 15.5. The number of esters is 1. The highest BCUT2D eigenvalue weighted by Gasteiger charge is 2.27. The summed E-state index contributed by atoms with van der Waals surface area (Å²) in [5.41, 5.74) is 2.12. The summed E-state index contributed by atoms with van der Waals surface area (Å²) < 4.78 is 7.24. The second kappa shape index (κ2) is 9.91. The summed E-state index contributed by atoms with van der Waals surface area (Å²) in [6, 6.07) is 8.11. The number of para-hydroxylation sites is 2. The maximum atomic E-state index is 11.9. The molecule has 0 saturated carbocycles. The van der Waals surface area contributed by atoms with Gasteiger partial charge >= 0.3 is 5.97 Å². The summed E-state index contributed by atoms with van der Waals surface area (Å²) in [4.78, 5) is 23.2. The Kier molecular flexibility index (Phi) is 7.88. The minimum atomic E-state index is -0.0743. The van der Waals surface area contributed by atoms with E-state index in [9.17, 15) is 4.79 Å². The average molecular weight is 485 g/mol. The molecule has 7 nitrogen and oxygen atoms in total. The molecule has 0 unspecified atom stereocenters. The molecule has 0 atom stereocenters. The number of piperidine rings is 1. The van der Waals surface area contributed by atoms with Crippen LogP contribution in [-0.4, -0.2) is 53.1 Å². The maximum absolute atomic E-state index is 11.9. The van der Waals surface area contributed by atoms with E-state index in [0.29, 0.717) is 13.2 Å². The van der Waals surface area contributed by atoms with Crippen molar-refractivity contribution in [3.05, 3.63) is 30.1 Å². The third-order valence-electron chi connectivity index (χ3n) is 4.91. The number of aryl methyl sites for hydroxylation is 1. The van der Waals surface area contributed by atoms with Crippen LogP contribution in [0, 0.1) is 5.92 Å². The molecule has 1 aliphatic rings. The Labute approximate surface area is 177 Å². The van der Waals surface area contributed by atoms with Gasteiger partial charge in [0.15, 0.2) is 5.96 Å². The van der Waals surface area contributed by atoms with Gasteiger partial charge in [-0.1, -0.05) is 12.1 Å². The van der Waals surface area contributed by atoms with Gasteiger partial charge in [-0.3, -0.25) is 9.79 Å². The zero-order valence-electron chi connectivity index (χ0n) is 16.1. The molecule has 1 aromatic heterocycles. The minimum Gasteiger partial charge on any atom is -0.466 e.